The molecule has 1 aromatic heterocycles. The molecule has 0 saturated carbocycles. The summed E-state index contributed by atoms with van der Waals surface area (Å²) in [4.78, 5) is 8.41. The van der Waals surface area contributed by atoms with Gasteiger partial charge in [0.2, 0.25) is 5.95 Å². The molecule has 0 spiro atoms. The smallest absolute Gasteiger partial charge is 0.224 e. The number of nitrogens with one attached hydrogen (secondary N) is 2. The molecule has 0 aliphatic carbocycles. The summed E-state index contributed by atoms with van der Waals surface area (Å²) in [6, 6.07) is 10.4. The van der Waals surface area contributed by atoms with Crippen molar-refractivity contribution in [3.8, 4) is 11.5 Å². The quantitative estimate of drug-likeness (QED) is 0.650. The number of hydrogen-bond donors (Lipinski definition) is 2. The molecule has 0 unspecified atom stereocenters. The fraction of sp³-hybridized carbons (Fsp3) is 0.158. The summed E-state index contributed by atoms with van der Waals surface area (Å²) in [6.07, 6.45) is 1.54. The van der Waals surface area contributed by atoms with Crippen LogP contribution in [0.4, 0.5) is 26.2 Å². The van der Waals surface area contributed by atoms with E-state index in [4.69, 9.17) is 9.47 Å². The van der Waals surface area contributed by atoms with Gasteiger partial charge in [0.1, 0.15) is 17.5 Å². The second-order valence-corrected chi connectivity index (χ2v) is 5.56. The van der Waals surface area contributed by atoms with E-state index in [2.05, 4.69) is 20.6 Å². The standard InChI is InChI=1S/C19H18F2N4O2/c1-26-16-6-3-12(9-17(16)27-2)11-23-19-22-8-7-18(25-19)24-15-5-4-13(20)10-14(15)21/h3-10H,11H2,1-2H3,(H2,22,23,24,25). The van der Waals surface area contributed by atoms with Crippen molar-refractivity contribution in [2.24, 2.45) is 0 Å². The minimum absolute atomic E-state index is 0.126. The van der Waals surface area contributed by atoms with Gasteiger partial charge in [-0.2, -0.15) is 4.98 Å². The van der Waals surface area contributed by atoms with Crippen molar-refractivity contribution >= 4 is 17.5 Å². The SMILES string of the molecule is COc1ccc(CNc2nccc(Nc3ccc(F)cc3F)n2)cc1OC. The topological polar surface area (TPSA) is 68.3 Å². The van der Waals surface area contributed by atoms with Crippen LogP contribution in [0.3, 0.4) is 0 Å². The van der Waals surface area contributed by atoms with Gasteiger partial charge in [-0.05, 0) is 35.9 Å². The molecular formula is C19H18F2N4O2. The monoisotopic (exact) mass is 372 g/mol. The zero-order chi connectivity index (χ0) is 19.2. The molecule has 6 nitrogen and oxygen atoms in total. The van der Waals surface area contributed by atoms with Gasteiger partial charge in [-0.25, -0.2) is 13.8 Å². The van der Waals surface area contributed by atoms with Crippen LogP contribution in [0.25, 0.3) is 0 Å². The first-order chi connectivity index (χ1) is 13.1. The van der Waals surface area contributed by atoms with Crippen molar-refractivity contribution in [3.63, 3.8) is 0 Å². The average molecular weight is 372 g/mol. The van der Waals surface area contributed by atoms with Gasteiger partial charge in [0, 0.05) is 18.8 Å². The van der Waals surface area contributed by atoms with Crippen LogP contribution in [0.2, 0.25) is 0 Å². The van der Waals surface area contributed by atoms with Crippen LogP contribution >= 0.6 is 0 Å². The van der Waals surface area contributed by atoms with Crippen molar-refractivity contribution in [2.45, 2.75) is 6.54 Å². The van der Waals surface area contributed by atoms with Crippen LogP contribution < -0.4 is 20.1 Å². The van der Waals surface area contributed by atoms with E-state index in [1.807, 2.05) is 18.2 Å². The summed E-state index contributed by atoms with van der Waals surface area (Å²) >= 11 is 0. The van der Waals surface area contributed by atoms with Gasteiger partial charge in [-0.15, -0.1) is 0 Å². The van der Waals surface area contributed by atoms with Crippen LogP contribution in [-0.2, 0) is 6.54 Å². The van der Waals surface area contributed by atoms with E-state index in [1.54, 1.807) is 20.3 Å². The summed E-state index contributed by atoms with van der Waals surface area (Å²) in [7, 11) is 3.15. The summed E-state index contributed by atoms with van der Waals surface area (Å²) in [6.45, 7) is 0.453. The van der Waals surface area contributed by atoms with E-state index in [9.17, 15) is 8.78 Å². The number of benzene rings is 2. The van der Waals surface area contributed by atoms with E-state index in [0.717, 1.165) is 11.6 Å². The summed E-state index contributed by atoms with van der Waals surface area (Å²) < 4.78 is 37.2. The Hall–Kier alpha value is -3.42. The van der Waals surface area contributed by atoms with Crippen molar-refractivity contribution in [1.82, 2.24) is 9.97 Å². The first kappa shape index (κ1) is 18.4. The van der Waals surface area contributed by atoms with Crippen molar-refractivity contribution in [3.05, 3.63) is 65.9 Å². The van der Waals surface area contributed by atoms with Crippen molar-refractivity contribution in [1.29, 1.82) is 0 Å². The zero-order valence-corrected chi connectivity index (χ0v) is 14.8. The maximum Gasteiger partial charge on any atom is 0.224 e. The molecule has 0 aliphatic rings. The molecule has 0 bridgehead atoms. The third-order valence-corrected chi connectivity index (χ3v) is 3.75. The largest absolute Gasteiger partial charge is 0.493 e. The summed E-state index contributed by atoms with van der Waals surface area (Å²) in [5.74, 6) is 0.666. The first-order valence-corrected chi connectivity index (χ1v) is 8.09. The number of anilines is 3. The summed E-state index contributed by atoms with van der Waals surface area (Å²) in [5.41, 5.74) is 1.07. The fourth-order valence-electron chi connectivity index (χ4n) is 2.41. The molecule has 0 atom stereocenters. The Bertz CT molecular complexity index is 937. The van der Waals surface area contributed by atoms with Gasteiger partial charge in [-0.1, -0.05) is 6.07 Å². The minimum atomic E-state index is -0.701. The Morgan fingerprint density at radius 3 is 2.52 bits per heavy atom. The van der Waals surface area contributed by atoms with E-state index < -0.39 is 11.6 Å². The number of aromatic nitrogens is 2. The third kappa shape index (κ3) is 4.60. The maximum absolute atomic E-state index is 13.8. The highest BCUT2D eigenvalue weighted by Crippen LogP contribution is 2.27. The van der Waals surface area contributed by atoms with Crippen LogP contribution in [0.5, 0.6) is 11.5 Å². The average Bonchev–Trinajstić information content (AvgIpc) is 2.68. The van der Waals surface area contributed by atoms with Crippen LogP contribution in [-0.4, -0.2) is 24.2 Å². The lowest BCUT2D eigenvalue weighted by Gasteiger charge is -2.11. The molecule has 0 fully saturated rings. The lowest BCUT2D eigenvalue weighted by atomic mass is 10.2. The minimum Gasteiger partial charge on any atom is -0.493 e. The number of rotatable bonds is 7. The van der Waals surface area contributed by atoms with E-state index in [0.29, 0.717) is 29.8 Å². The third-order valence-electron chi connectivity index (χ3n) is 3.75. The van der Waals surface area contributed by atoms with Crippen LogP contribution in [0.15, 0.2) is 48.7 Å². The molecule has 2 aromatic carbocycles. The lowest BCUT2D eigenvalue weighted by Crippen LogP contribution is -2.05. The molecule has 27 heavy (non-hydrogen) atoms. The maximum atomic E-state index is 13.8. The number of ether oxygens (including phenoxy) is 2. The molecule has 0 amide bonds. The van der Waals surface area contributed by atoms with Gasteiger partial charge < -0.3 is 20.1 Å². The highest BCUT2D eigenvalue weighted by Gasteiger charge is 2.07. The Kier molecular flexibility index (Phi) is 5.65. The predicted octanol–water partition coefficient (Wildman–Crippen LogP) is 4.13. The van der Waals surface area contributed by atoms with E-state index in [1.165, 1.54) is 18.3 Å². The molecule has 140 valence electrons. The molecule has 0 aliphatic heterocycles. The van der Waals surface area contributed by atoms with Gasteiger partial charge >= 0.3 is 0 Å². The van der Waals surface area contributed by atoms with Crippen molar-refractivity contribution < 1.29 is 18.3 Å². The number of nitrogens with zero attached hydrogens (tertiary/aromatic N) is 2. The second-order valence-electron chi connectivity index (χ2n) is 5.56. The van der Waals surface area contributed by atoms with Gasteiger partial charge in [0.25, 0.3) is 0 Å². The highest BCUT2D eigenvalue weighted by atomic mass is 19.1. The molecule has 0 radical (unpaired) electrons. The molecule has 3 rings (SSSR count). The van der Waals surface area contributed by atoms with Gasteiger partial charge in [0.05, 0.1) is 19.9 Å². The molecule has 1 heterocycles. The number of methoxy groups -OCH3 is 2. The van der Waals surface area contributed by atoms with Crippen LogP contribution in [0, 0.1) is 11.6 Å². The zero-order valence-electron chi connectivity index (χ0n) is 14.8. The fourth-order valence-corrected chi connectivity index (χ4v) is 2.41. The number of hydrogen-bond acceptors (Lipinski definition) is 6. The second kappa shape index (κ2) is 8.31. The summed E-state index contributed by atoms with van der Waals surface area (Å²) in [5, 5.41) is 5.89. The molecule has 3 aromatic rings. The lowest BCUT2D eigenvalue weighted by molar-refractivity contribution is 0.354. The van der Waals surface area contributed by atoms with Crippen LogP contribution in [0.1, 0.15) is 5.56 Å². The first-order valence-electron chi connectivity index (χ1n) is 8.09. The van der Waals surface area contributed by atoms with Gasteiger partial charge in [-0.3, -0.25) is 0 Å². The molecule has 0 saturated heterocycles. The van der Waals surface area contributed by atoms with E-state index >= 15 is 0 Å². The van der Waals surface area contributed by atoms with Gasteiger partial charge in [0.15, 0.2) is 11.5 Å². The Morgan fingerprint density at radius 1 is 0.963 bits per heavy atom. The van der Waals surface area contributed by atoms with E-state index in [-0.39, 0.29) is 5.69 Å². The highest BCUT2D eigenvalue weighted by molar-refractivity contribution is 5.57. The predicted molar refractivity (Wildman–Crippen MR) is 98.5 cm³/mol. The number of halogens is 2. The van der Waals surface area contributed by atoms with Crippen molar-refractivity contribution in [2.75, 3.05) is 24.9 Å². The normalized spacial score (nSPS) is 10.4. The Labute approximate surface area is 155 Å². The Morgan fingerprint density at radius 2 is 1.78 bits per heavy atom. The molecular weight excluding hydrogens is 354 g/mol. The molecule has 8 heteroatoms. The Balaban J connectivity index is 1.69. The molecule has 2 N–H and O–H groups in total.